The molecular weight excluding hydrogens is 462 g/mol. The lowest BCUT2D eigenvalue weighted by Crippen LogP contribution is -2.45. The Morgan fingerprint density at radius 2 is 1.90 bits per heavy atom. The summed E-state index contributed by atoms with van der Waals surface area (Å²) in [6, 6.07) is 0.322. The molecule has 4 rings (SSSR count). The van der Waals surface area contributed by atoms with Gasteiger partial charge in [-0.1, -0.05) is 30.9 Å². The van der Waals surface area contributed by atoms with Crippen molar-refractivity contribution in [3.8, 4) is 0 Å². The summed E-state index contributed by atoms with van der Waals surface area (Å²) in [5.41, 5.74) is 0.209. The molecule has 0 spiro atoms. The number of amides is 2. The standard InChI is InChI=1S/C19H27BrClN5O3/c20-16-14(21)15(24-26(16)19-22-8-11-29-19)18(28)25-9-6-12(7-10-25)17(27)23-13-4-2-1-3-5-13/h12-13,19,22H,1-11H2,(H,23,27). The van der Waals surface area contributed by atoms with E-state index in [1.165, 1.54) is 19.3 Å². The number of carbonyl (C=O) groups excluding carboxylic acids is 2. The second kappa shape index (κ2) is 9.32. The van der Waals surface area contributed by atoms with Crippen molar-refractivity contribution in [1.82, 2.24) is 25.3 Å². The zero-order valence-corrected chi connectivity index (χ0v) is 18.7. The normalized spacial score (nSPS) is 24.1. The van der Waals surface area contributed by atoms with Gasteiger partial charge in [-0.3, -0.25) is 14.9 Å². The molecule has 3 aliphatic rings. The van der Waals surface area contributed by atoms with E-state index in [0.29, 0.717) is 49.7 Å². The molecule has 1 atom stereocenters. The predicted octanol–water partition coefficient (Wildman–Crippen LogP) is 2.68. The molecule has 8 nitrogen and oxygen atoms in total. The van der Waals surface area contributed by atoms with Gasteiger partial charge in [0.05, 0.1) is 6.61 Å². The van der Waals surface area contributed by atoms with Gasteiger partial charge in [-0.05, 0) is 41.6 Å². The van der Waals surface area contributed by atoms with Crippen LogP contribution in [-0.4, -0.2) is 58.8 Å². The maximum Gasteiger partial charge on any atom is 0.275 e. The summed E-state index contributed by atoms with van der Waals surface area (Å²) < 4.78 is 7.61. The molecule has 2 amide bonds. The third-order valence-electron chi connectivity index (χ3n) is 6.02. The van der Waals surface area contributed by atoms with Crippen LogP contribution in [0.2, 0.25) is 5.02 Å². The molecule has 10 heteroatoms. The minimum Gasteiger partial charge on any atom is -0.353 e. The van der Waals surface area contributed by atoms with Gasteiger partial charge in [0.2, 0.25) is 12.3 Å². The van der Waals surface area contributed by atoms with E-state index in [2.05, 4.69) is 31.7 Å². The molecule has 29 heavy (non-hydrogen) atoms. The lowest BCUT2D eigenvalue weighted by atomic mass is 9.92. The van der Waals surface area contributed by atoms with Crippen LogP contribution in [0.1, 0.15) is 61.8 Å². The van der Waals surface area contributed by atoms with E-state index < -0.39 is 6.35 Å². The first-order chi connectivity index (χ1) is 14.0. The zero-order chi connectivity index (χ0) is 20.4. The van der Waals surface area contributed by atoms with E-state index in [9.17, 15) is 9.59 Å². The number of nitrogens with zero attached hydrogens (tertiary/aromatic N) is 3. The highest BCUT2D eigenvalue weighted by Gasteiger charge is 2.33. The van der Waals surface area contributed by atoms with Crippen LogP contribution in [0.5, 0.6) is 0 Å². The molecule has 160 valence electrons. The first-order valence-electron chi connectivity index (χ1n) is 10.4. The molecule has 3 heterocycles. The molecule has 1 aromatic heterocycles. The molecule has 1 aromatic rings. The van der Waals surface area contributed by atoms with Gasteiger partial charge >= 0.3 is 0 Å². The number of carbonyl (C=O) groups is 2. The molecule has 2 N–H and O–H groups in total. The second-order valence-electron chi connectivity index (χ2n) is 7.99. The highest BCUT2D eigenvalue weighted by molar-refractivity contribution is 9.10. The molecule has 3 fully saturated rings. The molecule has 2 saturated heterocycles. The molecule has 2 aliphatic heterocycles. The van der Waals surface area contributed by atoms with Crippen molar-refractivity contribution in [3.05, 3.63) is 15.3 Å². The Balaban J connectivity index is 1.34. The first-order valence-corrected chi connectivity index (χ1v) is 11.6. The van der Waals surface area contributed by atoms with Gasteiger partial charge in [-0.15, -0.1) is 0 Å². The number of rotatable bonds is 4. The summed E-state index contributed by atoms with van der Waals surface area (Å²) >= 11 is 9.77. The molecule has 1 unspecified atom stereocenters. The Kier molecular flexibility index (Phi) is 6.78. The molecule has 0 aromatic carbocycles. The van der Waals surface area contributed by atoms with Crippen molar-refractivity contribution in [2.45, 2.75) is 57.3 Å². The summed E-state index contributed by atoms with van der Waals surface area (Å²) in [4.78, 5) is 27.3. The fourth-order valence-corrected chi connectivity index (χ4v) is 4.97. The van der Waals surface area contributed by atoms with Crippen molar-refractivity contribution in [1.29, 1.82) is 0 Å². The number of ether oxygens (including phenoxy) is 1. The Bertz CT molecular complexity index is 753. The van der Waals surface area contributed by atoms with Crippen LogP contribution in [0.25, 0.3) is 0 Å². The van der Waals surface area contributed by atoms with Crippen LogP contribution in [0.4, 0.5) is 0 Å². The molecule has 1 aliphatic carbocycles. The van der Waals surface area contributed by atoms with Gasteiger partial charge in [0.15, 0.2) is 5.69 Å². The highest BCUT2D eigenvalue weighted by atomic mass is 79.9. The van der Waals surface area contributed by atoms with E-state index in [1.54, 1.807) is 9.58 Å². The van der Waals surface area contributed by atoms with Gasteiger partial charge in [0, 0.05) is 31.6 Å². The molecule has 0 bridgehead atoms. The number of nitrogens with one attached hydrogen (secondary N) is 2. The fourth-order valence-electron chi connectivity index (χ4n) is 4.32. The van der Waals surface area contributed by atoms with Gasteiger partial charge in [-0.2, -0.15) is 5.10 Å². The number of likely N-dealkylation sites (tertiary alicyclic amines) is 1. The zero-order valence-electron chi connectivity index (χ0n) is 16.3. The average molecular weight is 489 g/mol. The van der Waals surface area contributed by atoms with Crippen molar-refractivity contribution in [2.24, 2.45) is 5.92 Å². The van der Waals surface area contributed by atoms with Crippen molar-refractivity contribution in [3.63, 3.8) is 0 Å². The maximum atomic E-state index is 13.0. The Morgan fingerprint density at radius 1 is 1.17 bits per heavy atom. The fraction of sp³-hybridized carbons (Fsp3) is 0.737. The third-order valence-corrected chi connectivity index (χ3v) is 7.37. The SMILES string of the molecule is O=C(NC1CCCCC1)C1CCN(C(=O)c2nn(C3NCCO3)c(Br)c2Cl)CC1. The molecular formula is C19H27BrClN5O3. The Morgan fingerprint density at radius 3 is 2.55 bits per heavy atom. The molecule has 1 saturated carbocycles. The number of aromatic nitrogens is 2. The van der Waals surface area contributed by atoms with Crippen LogP contribution in [0.15, 0.2) is 4.60 Å². The van der Waals surface area contributed by atoms with Crippen molar-refractivity contribution < 1.29 is 14.3 Å². The second-order valence-corrected chi connectivity index (χ2v) is 9.11. The van der Waals surface area contributed by atoms with E-state index in [-0.39, 0.29) is 28.4 Å². The largest absolute Gasteiger partial charge is 0.353 e. The van der Waals surface area contributed by atoms with Crippen LogP contribution in [0.3, 0.4) is 0 Å². The first kappa shape index (κ1) is 21.1. The van der Waals surface area contributed by atoms with E-state index >= 15 is 0 Å². The number of hydrogen-bond donors (Lipinski definition) is 2. The number of hydrogen-bond acceptors (Lipinski definition) is 5. The summed E-state index contributed by atoms with van der Waals surface area (Å²) in [5, 5.41) is 11.0. The van der Waals surface area contributed by atoms with E-state index in [1.807, 2.05) is 0 Å². The van der Waals surface area contributed by atoms with Crippen molar-refractivity contribution >= 4 is 39.3 Å². The van der Waals surface area contributed by atoms with E-state index in [4.69, 9.17) is 16.3 Å². The van der Waals surface area contributed by atoms with E-state index in [0.717, 1.165) is 12.8 Å². The van der Waals surface area contributed by atoms with Gasteiger partial charge in [0.1, 0.15) is 9.63 Å². The quantitative estimate of drug-likeness (QED) is 0.680. The molecule has 0 radical (unpaired) electrons. The Labute approximate surface area is 183 Å². The van der Waals surface area contributed by atoms with Gasteiger partial charge in [-0.25, -0.2) is 4.68 Å². The van der Waals surface area contributed by atoms with Crippen LogP contribution in [-0.2, 0) is 9.53 Å². The summed E-state index contributed by atoms with van der Waals surface area (Å²) in [6.45, 7) is 2.35. The number of piperidine rings is 1. The van der Waals surface area contributed by atoms with Crippen molar-refractivity contribution in [2.75, 3.05) is 26.2 Å². The van der Waals surface area contributed by atoms with Gasteiger partial charge in [0.25, 0.3) is 5.91 Å². The lowest BCUT2D eigenvalue weighted by Gasteiger charge is -2.32. The van der Waals surface area contributed by atoms with Gasteiger partial charge < -0.3 is 15.0 Å². The minimum atomic E-state index is -0.433. The minimum absolute atomic E-state index is 0.0307. The van der Waals surface area contributed by atoms with Crippen LogP contribution in [0, 0.1) is 5.92 Å². The smallest absolute Gasteiger partial charge is 0.275 e. The third kappa shape index (κ3) is 4.62. The number of halogens is 2. The average Bonchev–Trinajstić information content (AvgIpc) is 3.37. The summed E-state index contributed by atoms with van der Waals surface area (Å²) in [6.07, 6.45) is 6.72. The lowest BCUT2D eigenvalue weighted by molar-refractivity contribution is -0.127. The maximum absolute atomic E-state index is 13.0. The predicted molar refractivity (Wildman–Crippen MR) is 112 cm³/mol. The summed E-state index contributed by atoms with van der Waals surface area (Å²) in [5.74, 6) is -0.103. The highest BCUT2D eigenvalue weighted by Crippen LogP contribution is 2.31. The topological polar surface area (TPSA) is 88.5 Å². The van der Waals surface area contributed by atoms with Crippen LogP contribution < -0.4 is 10.6 Å². The monoisotopic (exact) mass is 487 g/mol. The Hall–Kier alpha value is -1.16. The summed E-state index contributed by atoms with van der Waals surface area (Å²) in [7, 11) is 0. The van der Waals surface area contributed by atoms with Crippen LogP contribution >= 0.6 is 27.5 Å².